The zero-order chi connectivity index (χ0) is 19.1. The van der Waals surface area contributed by atoms with Crippen LogP contribution in [0.25, 0.3) is 26.1 Å². The van der Waals surface area contributed by atoms with E-state index >= 15 is 0 Å². The summed E-state index contributed by atoms with van der Waals surface area (Å²) in [5.74, 6) is 0. The summed E-state index contributed by atoms with van der Waals surface area (Å²) in [4.78, 5) is 22.8. The van der Waals surface area contributed by atoms with Crippen LogP contribution in [-0.4, -0.2) is 32.3 Å². The Hall–Kier alpha value is -2.29. The van der Waals surface area contributed by atoms with E-state index in [1.165, 1.54) is 11.3 Å². The normalized spacial score (nSPS) is 12.6. The number of hydrogen-bond donors (Lipinski definition) is 2. The maximum atomic E-state index is 13.1. The second-order valence-corrected chi connectivity index (χ2v) is 8.28. The van der Waals surface area contributed by atoms with Crippen molar-refractivity contribution < 1.29 is 5.11 Å². The van der Waals surface area contributed by atoms with E-state index in [0.29, 0.717) is 16.8 Å². The number of thiophene rings is 1. The number of fused-ring (bicyclic) bond motifs is 3. The number of hydrogen-bond acceptors (Lipinski definition) is 6. The molecule has 0 unspecified atom stereocenters. The van der Waals surface area contributed by atoms with Crippen LogP contribution in [0.3, 0.4) is 0 Å². The number of benzene rings is 1. The molecule has 8 heteroatoms. The van der Waals surface area contributed by atoms with Gasteiger partial charge in [-0.3, -0.25) is 9.36 Å². The van der Waals surface area contributed by atoms with Gasteiger partial charge in [0.1, 0.15) is 21.4 Å². The lowest BCUT2D eigenvalue weighted by atomic mass is 10.2. The highest BCUT2D eigenvalue weighted by molar-refractivity contribution is 9.10. The van der Waals surface area contributed by atoms with Crippen molar-refractivity contribution in [3.05, 3.63) is 57.2 Å². The molecule has 2 N–H and O–H groups in total. The molecule has 0 bridgehead atoms. The zero-order valence-electron chi connectivity index (χ0n) is 14.7. The van der Waals surface area contributed by atoms with Gasteiger partial charge in [0.2, 0.25) is 0 Å². The lowest BCUT2D eigenvalue weighted by Gasteiger charge is -2.11. The largest absolute Gasteiger partial charge is 0.392 e. The summed E-state index contributed by atoms with van der Waals surface area (Å²) in [5.41, 5.74) is 3.19. The molecule has 6 nitrogen and oxygen atoms in total. The van der Waals surface area contributed by atoms with E-state index in [1.807, 2.05) is 31.2 Å². The Morgan fingerprint density at radius 2 is 2.04 bits per heavy atom. The van der Waals surface area contributed by atoms with Crippen molar-refractivity contribution in [2.75, 3.05) is 11.9 Å². The summed E-state index contributed by atoms with van der Waals surface area (Å²) in [6, 6.07) is 7.74. The monoisotopic (exact) mass is 444 g/mol. The van der Waals surface area contributed by atoms with Gasteiger partial charge in [-0.15, -0.1) is 11.3 Å². The molecule has 0 aliphatic heterocycles. The zero-order valence-corrected chi connectivity index (χ0v) is 17.1. The van der Waals surface area contributed by atoms with Crippen LogP contribution in [0.1, 0.15) is 12.5 Å². The topological polar surface area (TPSA) is 80.0 Å². The maximum Gasteiger partial charge on any atom is 0.275 e. The Balaban J connectivity index is 1.94. The van der Waals surface area contributed by atoms with Gasteiger partial charge in [-0.25, -0.2) is 9.97 Å². The van der Waals surface area contributed by atoms with Gasteiger partial charge in [0.05, 0.1) is 27.3 Å². The number of anilines is 1. The fourth-order valence-corrected chi connectivity index (χ4v) is 4.36. The van der Waals surface area contributed by atoms with Crippen molar-refractivity contribution in [1.82, 2.24) is 14.5 Å². The van der Waals surface area contributed by atoms with E-state index in [2.05, 4.69) is 31.2 Å². The number of aromatic nitrogens is 3. The molecule has 0 amide bonds. The van der Waals surface area contributed by atoms with Crippen molar-refractivity contribution in [2.24, 2.45) is 0 Å². The highest BCUT2D eigenvalue weighted by Crippen LogP contribution is 2.38. The molecule has 0 saturated carbocycles. The Kier molecular flexibility index (Phi) is 4.71. The fraction of sp³-hybridized carbons (Fsp3) is 0.211. The molecule has 1 aromatic carbocycles. The SMILES string of the molecule is Cc1ccc(-n2cnc3c(sc4ncc(Br)c(NC[C@@H](C)O)c43)c2=O)cc1. The Morgan fingerprint density at radius 3 is 2.74 bits per heavy atom. The molecule has 1 atom stereocenters. The summed E-state index contributed by atoms with van der Waals surface area (Å²) in [5, 5.41) is 13.6. The van der Waals surface area contributed by atoms with Crippen LogP contribution in [-0.2, 0) is 0 Å². The van der Waals surface area contributed by atoms with E-state index in [0.717, 1.165) is 31.6 Å². The third-order valence-electron chi connectivity index (χ3n) is 4.25. The van der Waals surface area contributed by atoms with Crippen LogP contribution in [0.4, 0.5) is 5.69 Å². The minimum Gasteiger partial charge on any atom is -0.392 e. The molecule has 0 aliphatic rings. The van der Waals surface area contributed by atoms with Crippen LogP contribution in [0, 0.1) is 6.92 Å². The number of nitrogens with one attached hydrogen (secondary N) is 1. The molecule has 27 heavy (non-hydrogen) atoms. The fourth-order valence-electron chi connectivity index (χ4n) is 2.88. The summed E-state index contributed by atoms with van der Waals surface area (Å²) in [6.45, 7) is 4.10. The van der Waals surface area contributed by atoms with Crippen LogP contribution in [0.5, 0.6) is 0 Å². The van der Waals surface area contributed by atoms with Gasteiger partial charge >= 0.3 is 0 Å². The molecule has 3 heterocycles. The van der Waals surface area contributed by atoms with Crippen LogP contribution in [0.15, 0.2) is 46.1 Å². The Labute approximate surface area is 167 Å². The van der Waals surface area contributed by atoms with Gasteiger partial charge in [0.15, 0.2) is 0 Å². The first-order chi connectivity index (χ1) is 13.0. The van der Waals surface area contributed by atoms with Crippen molar-refractivity contribution in [3.8, 4) is 5.69 Å². The molecule has 0 radical (unpaired) electrons. The van der Waals surface area contributed by atoms with Gasteiger partial charge in [-0.1, -0.05) is 17.7 Å². The highest BCUT2D eigenvalue weighted by Gasteiger charge is 2.18. The van der Waals surface area contributed by atoms with Gasteiger partial charge in [0, 0.05) is 12.7 Å². The molecular formula is C19H17BrN4O2S. The standard InChI is InChI=1S/C19H17BrN4O2S/c1-10-3-5-12(6-4-10)24-9-23-16-14-15(21-7-11(2)25)13(20)8-22-18(14)27-17(16)19(24)26/h3-6,8-9,11,25H,7H2,1-2H3,(H,21,22)/t11-/m1/s1. The van der Waals surface area contributed by atoms with Gasteiger partial charge < -0.3 is 10.4 Å². The van der Waals surface area contributed by atoms with E-state index in [4.69, 9.17) is 0 Å². The van der Waals surface area contributed by atoms with Crippen LogP contribution < -0.4 is 10.9 Å². The van der Waals surface area contributed by atoms with Crippen molar-refractivity contribution in [2.45, 2.75) is 20.0 Å². The molecule has 0 aliphatic carbocycles. The van der Waals surface area contributed by atoms with E-state index in [9.17, 15) is 9.90 Å². The lowest BCUT2D eigenvalue weighted by molar-refractivity contribution is 0.208. The number of aryl methyl sites for hydroxylation is 1. The molecule has 138 valence electrons. The highest BCUT2D eigenvalue weighted by atomic mass is 79.9. The van der Waals surface area contributed by atoms with E-state index in [-0.39, 0.29) is 5.56 Å². The van der Waals surface area contributed by atoms with Crippen LogP contribution >= 0.6 is 27.3 Å². The Morgan fingerprint density at radius 1 is 1.30 bits per heavy atom. The number of nitrogens with zero attached hydrogens (tertiary/aromatic N) is 3. The van der Waals surface area contributed by atoms with E-state index in [1.54, 1.807) is 24.0 Å². The summed E-state index contributed by atoms with van der Waals surface area (Å²) >= 11 is 4.83. The number of pyridine rings is 1. The van der Waals surface area contributed by atoms with Crippen molar-refractivity contribution in [3.63, 3.8) is 0 Å². The first-order valence-electron chi connectivity index (χ1n) is 8.43. The van der Waals surface area contributed by atoms with Crippen LogP contribution in [0.2, 0.25) is 0 Å². The first kappa shape index (κ1) is 18.1. The number of aliphatic hydroxyl groups excluding tert-OH is 1. The molecule has 4 rings (SSSR count). The average Bonchev–Trinajstić information content (AvgIpc) is 3.02. The number of halogens is 1. The maximum absolute atomic E-state index is 13.1. The quantitative estimate of drug-likeness (QED) is 0.499. The molecule has 0 spiro atoms. The summed E-state index contributed by atoms with van der Waals surface area (Å²) < 4.78 is 2.87. The first-order valence-corrected chi connectivity index (χ1v) is 10.0. The smallest absolute Gasteiger partial charge is 0.275 e. The van der Waals surface area contributed by atoms with Gasteiger partial charge in [-0.05, 0) is 41.9 Å². The molecule has 4 aromatic rings. The number of rotatable bonds is 4. The minimum absolute atomic E-state index is 0.121. The predicted octanol–water partition coefficient (Wildman–Crippen LogP) is 3.86. The average molecular weight is 445 g/mol. The minimum atomic E-state index is -0.503. The third kappa shape index (κ3) is 3.24. The van der Waals surface area contributed by atoms with Crippen molar-refractivity contribution in [1.29, 1.82) is 0 Å². The third-order valence-corrected chi connectivity index (χ3v) is 5.93. The Bertz CT molecular complexity index is 1200. The van der Waals surface area contributed by atoms with Gasteiger partial charge in [-0.2, -0.15) is 0 Å². The molecule has 3 aromatic heterocycles. The summed E-state index contributed by atoms with van der Waals surface area (Å²) in [6.07, 6.45) is 2.75. The number of aliphatic hydroxyl groups is 1. The predicted molar refractivity (Wildman–Crippen MR) is 113 cm³/mol. The second kappa shape index (κ2) is 7.03. The lowest BCUT2D eigenvalue weighted by Crippen LogP contribution is -2.18. The van der Waals surface area contributed by atoms with E-state index < -0.39 is 6.10 Å². The molecule has 0 fully saturated rings. The summed E-state index contributed by atoms with van der Waals surface area (Å²) in [7, 11) is 0. The van der Waals surface area contributed by atoms with Gasteiger partial charge in [0.25, 0.3) is 5.56 Å². The molecular weight excluding hydrogens is 428 g/mol. The second-order valence-electron chi connectivity index (χ2n) is 6.43. The van der Waals surface area contributed by atoms with Crippen molar-refractivity contribution >= 4 is 53.4 Å². The molecule has 0 saturated heterocycles.